The molecule has 17 heavy (non-hydrogen) atoms. The highest BCUT2D eigenvalue weighted by Crippen LogP contribution is 2.39. The lowest BCUT2D eigenvalue weighted by atomic mass is 9.85. The molecule has 1 aliphatic heterocycles. The van der Waals surface area contributed by atoms with Gasteiger partial charge in [0.25, 0.3) is 0 Å². The minimum absolute atomic E-state index is 0.223. The van der Waals surface area contributed by atoms with E-state index in [0.717, 1.165) is 18.2 Å². The topological polar surface area (TPSA) is 29.3 Å². The van der Waals surface area contributed by atoms with Crippen LogP contribution < -0.4 is 10.6 Å². The van der Waals surface area contributed by atoms with Gasteiger partial charge in [-0.1, -0.05) is 12.8 Å². The molecule has 2 unspecified atom stereocenters. The van der Waals surface area contributed by atoms with Crippen molar-refractivity contribution in [1.82, 2.24) is 0 Å². The Morgan fingerprint density at radius 3 is 2.76 bits per heavy atom. The third-order valence-electron chi connectivity index (χ3n) is 4.25. The maximum Gasteiger partial charge on any atom is 0.127 e. The number of hydrogen-bond acceptors (Lipinski definition) is 2. The average molecular weight is 234 g/mol. The molecule has 2 atom stereocenters. The van der Waals surface area contributed by atoms with Crippen LogP contribution in [0.3, 0.4) is 0 Å². The Labute approximate surface area is 102 Å². The third kappa shape index (κ3) is 1.99. The number of fused-ring (bicyclic) bond motifs is 1. The number of nitrogens with zero attached hydrogens (tertiary/aromatic N) is 1. The molecular formula is C14H19FN2. The molecule has 3 rings (SSSR count). The normalized spacial score (nSPS) is 28.2. The maximum absolute atomic E-state index is 13.4. The van der Waals surface area contributed by atoms with Crippen molar-refractivity contribution in [2.45, 2.75) is 38.1 Å². The third-order valence-corrected chi connectivity index (χ3v) is 4.25. The molecule has 2 aliphatic rings. The lowest BCUT2D eigenvalue weighted by Crippen LogP contribution is -2.34. The van der Waals surface area contributed by atoms with Crippen LogP contribution in [0.1, 0.15) is 32.1 Å². The summed E-state index contributed by atoms with van der Waals surface area (Å²) in [5.41, 5.74) is 7.22. The molecule has 1 aromatic carbocycles. The Kier molecular flexibility index (Phi) is 2.69. The van der Waals surface area contributed by atoms with Crippen LogP contribution in [0.15, 0.2) is 18.2 Å². The van der Waals surface area contributed by atoms with Gasteiger partial charge in [0.1, 0.15) is 5.82 Å². The second-order valence-corrected chi connectivity index (χ2v) is 5.34. The smallest absolute Gasteiger partial charge is 0.127 e. The Balaban J connectivity index is 1.88. The van der Waals surface area contributed by atoms with Crippen LogP contribution in [0.25, 0.3) is 0 Å². The molecule has 3 heteroatoms. The van der Waals surface area contributed by atoms with E-state index < -0.39 is 0 Å². The molecule has 1 aromatic rings. The van der Waals surface area contributed by atoms with E-state index in [1.54, 1.807) is 6.07 Å². The van der Waals surface area contributed by atoms with Crippen molar-refractivity contribution < 1.29 is 4.39 Å². The van der Waals surface area contributed by atoms with Gasteiger partial charge in [0.15, 0.2) is 0 Å². The molecule has 1 saturated carbocycles. The van der Waals surface area contributed by atoms with E-state index in [1.807, 2.05) is 6.07 Å². The van der Waals surface area contributed by atoms with Gasteiger partial charge < -0.3 is 10.6 Å². The number of anilines is 2. The van der Waals surface area contributed by atoms with E-state index in [-0.39, 0.29) is 5.82 Å². The van der Waals surface area contributed by atoms with Crippen molar-refractivity contribution in [3.05, 3.63) is 24.0 Å². The quantitative estimate of drug-likeness (QED) is 0.756. The highest BCUT2D eigenvalue weighted by molar-refractivity contribution is 5.57. The number of nitrogen functional groups attached to an aromatic ring is 1. The van der Waals surface area contributed by atoms with Crippen molar-refractivity contribution in [2.24, 2.45) is 5.92 Å². The Morgan fingerprint density at radius 2 is 1.94 bits per heavy atom. The number of hydrogen-bond donors (Lipinski definition) is 1. The molecule has 0 radical (unpaired) electrons. The number of rotatable bonds is 1. The molecule has 2 N–H and O–H groups in total. The van der Waals surface area contributed by atoms with E-state index in [0.29, 0.717) is 11.7 Å². The second kappa shape index (κ2) is 4.21. The van der Waals surface area contributed by atoms with E-state index in [9.17, 15) is 4.39 Å². The Bertz CT molecular complexity index is 398. The molecule has 0 bridgehead atoms. The average Bonchev–Trinajstić information content (AvgIpc) is 2.71. The van der Waals surface area contributed by atoms with Gasteiger partial charge >= 0.3 is 0 Å². The molecular weight excluding hydrogens is 215 g/mol. The lowest BCUT2D eigenvalue weighted by molar-refractivity contribution is 0.342. The van der Waals surface area contributed by atoms with Gasteiger partial charge in [0.2, 0.25) is 0 Å². The van der Waals surface area contributed by atoms with Crippen molar-refractivity contribution >= 4 is 11.4 Å². The van der Waals surface area contributed by atoms with Crippen molar-refractivity contribution in [3.8, 4) is 0 Å². The maximum atomic E-state index is 13.4. The Morgan fingerprint density at radius 1 is 1.12 bits per heavy atom. The molecule has 1 heterocycles. The fourth-order valence-corrected chi connectivity index (χ4v) is 3.49. The van der Waals surface area contributed by atoms with Gasteiger partial charge in [-0.3, -0.25) is 0 Å². The first-order valence-electron chi connectivity index (χ1n) is 6.57. The zero-order valence-corrected chi connectivity index (χ0v) is 10.0. The SMILES string of the molecule is Nc1cc(F)cc(N2CCC3CCCCC32)c1. The molecule has 1 saturated heterocycles. The van der Waals surface area contributed by atoms with Gasteiger partial charge in [0.05, 0.1) is 0 Å². The molecule has 2 nitrogen and oxygen atoms in total. The number of nitrogens with two attached hydrogens (primary N) is 1. The highest BCUT2D eigenvalue weighted by atomic mass is 19.1. The summed E-state index contributed by atoms with van der Waals surface area (Å²) in [5, 5.41) is 0. The summed E-state index contributed by atoms with van der Waals surface area (Å²) in [7, 11) is 0. The first-order valence-corrected chi connectivity index (χ1v) is 6.57. The van der Waals surface area contributed by atoms with Crippen LogP contribution in [-0.4, -0.2) is 12.6 Å². The van der Waals surface area contributed by atoms with E-state index >= 15 is 0 Å². The van der Waals surface area contributed by atoms with Gasteiger partial charge in [-0.2, -0.15) is 0 Å². The predicted octanol–water partition coefficient (Wildman–Crippen LogP) is 3.18. The summed E-state index contributed by atoms with van der Waals surface area (Å²) >= 11 is 0. The van der Waals surface area contributed by atoms with Crippen LogP contribution in [0.2, 0.25) is 0 Å². The van der Waals surface area contributed by atoms with Crippen molar-refractivity contribution in [1.29, 1.82) is 0 Å². The number of halogens is 1. The second-order valence-electron chi connectivity index (χ2n) is 5.34. The molecule has 0 spiro atoms. The van der Waals surface area contributed by atoms with Gasteiger partial charge in [-0.25, -0.2) is 4.39 Å². The van der Waals surface area contributed by atoms with Gasteiger partial charge in [-0.15, -0.1) is 0 Å². The van der Waals surface area contributed by atoms with E-state index in [4.69, 9.17) is 5.73 Å². The fraction of sp³-hybridized carbons (Fsp3) is 0.571. The zero-order valence-electron chi connectivity index (χ0n) is 10.0. The van der Waals surface area contributed by atoms with Crippen LogP contribution in [-0.2, 0) is 0 Å². The van der Waals surface area contributed by atoms with Gasteiger partial charge in [-0.05, 0) is 43.4 Å². The summed E-state index contributed by atoms with van der Waals surface area (Å²) in [5.74, 6) is 0.590. The van der Waals surface area contributed by atoms with Crippen LogP contribution in [0, 0.1) is 11.7 Å². The first-order chi connectivity index (χ1) is 8.24. The van der Waals surface area contributed by atoms with Crippen LogP contribution in [0.5, 0.6) is 0 Å². The summed E-state index contributed by atoms with van der Waals surface area (Å²) in [6.45, 7) is 1.05. The standard InChI is InChI=1S/C14H19FN2/c15-11-7-12(16)9-13(8-11)17-6-5-10-3-1-2-4-14(10)17/h7-10,14H,1-6,16H2. The zero-order chi connectivity index (χ0) is 11.8. The fourth-order valence-electron chi connectivity index (χ4n) is 3.49. The van der Waals surface area contributed by atoms with Gasteiger partial charge in [0, 0.05) is 24.0 Å². The van der Waals surface area contributed by atoms with Crippen LogP contribution >= 0.6 is 0 Å². The monoisotopic (exact) mass is 234 g/mol. The molecule has 0 aromatic heterocycles. The minimum atomic E-state index is -0.223. The lowest BCUT2D eigenvalue weighted by Gasteiger charge is -2.33. The minimum Gasteiger partial charge on any atom is -0.399 e. The molecule has 1 aliphatic carbocycles. The van der Waals surface area contributed by atoms with Crippen molar-refractivity contribution in [2.75, 3.05) is 17.2 Å². The summed E-state index contributed by atoms with van der Waals surface area (Å²) in [6.07, 6.45) is 6.51. The summed E-state index contributed by atoms with van der Waals surface area (Å²) in [4.78, 5) is 2.36. The predicted molar refractivity (Wildman–Crippen MR) is 68.5 cm³/mol. The Hall–Kier alpha value is -1.25. The first kappa shape index (κ1) is 10.9. The summed E-state index contributed by atoms with van der Waals surface area (Å²) in [6, 6.07) is 5.52. The highest BCUT2D eigenvalue weighted by Gasteiger charge is 2.35. The number of benzene rings is 1. The molecule has 2 fully saturated rings. The van der Waals surface area contributed by atoms with Crippen molar-refractivity contribution in [3.63, 3.8) is 0 Å². The van der Waals surface area contributed by atoms with E-state index in [1.165, 1.54) is 38.2 Å². The molecule has 0 amide bonds. The van der Waals surface area contributed by atoms with E-state index in [2.05, 4.69) is 4.90 Å². The largest absolute Gasteiger partial charge is 0.399 e. The summed E-state index contributed by atoms with van der Waals surface area (Å²) < 4.78 is 13.4. The molecule has 92 valence electrons. The van der Waals surface area contributed by atoms with Crippen LogP contribution in [0.4, 0.5) is 15.8 Å².